The monoisotopic (exact) mass is 284 g/mol. The number of nitrogens with one attached hydrogen (secondary N) is 2. The Morgan fingerprint density at radius 3 is 2.68 bits per heavy atom. The molecule has 1 aromatic rings. The second-order valence-corrected chi connectivity index (χ2v) is 5.54. The van der Waals surface area contributed by atoms with Crippen molar-refractivity contribution in [1.82, 2.24) is 10.6 Å². The molecule has 5 nitrogen and oxygen atoms in total. The van der Waals surface area contributed by atoms with Crippen LogP contribution in [0.3, 0.4) is 0 Å². The molecule has 0 bridgehead atoms. The number of hydrogen-bond donors (Lipinski definition) is 3. The Bertz CT molecular complexity index is 404. The molecule has 6 heteroatoms. The Kier molecular flexibility index (Phi) is 6.52. The quantitative estimate of drug-likeness (QED) is 0.699. The van der Waals surface area contributed by atoms with Crippen LogP contribution < -0.4 is 10.6 Å². The summed E-state index contributed by atoms with van der Waals surface area (Å²) in [5.41, 5.74) is 0. The van der Waals surface area contributed by atoms with Crippen molar-refractivity contribution in [1.29, 1.82) is 0 Å². The van der Waals surface area contributed by atoms with Crippen LogP contribution in [0, 0.1) is 5.92 Å². The molecule has 0 fully saturated rings. The third kappa shape index (κ3) is 5.40. The van der Waals surface area contributed by atoms with Crippen LogP contribution in [0.1, 0.15) is 29.9 Å². The molecule has 106 valence electrons. The van der Waals surface area contributed by atoms with Crippen LogP contribution in [-0.2, 0) is 4.79 Å². The average Bonchev–Trinajstić information content (AvgIpc) is 2.89. The van der Waals surface area contributed by atoms with E-state index in [-0.39, 0.29) is 36.9 Å². The lowest BCUT2D eigenvalue weighted by molar-refractivity contribution is -0.121. The number of hydrogen-bond acceptors (Lipinski definition) is 4. The zero-order valence-corrected chi connectivity index (χ0v) is 12.0. The van der Waals surface area contributed by atoms with Crippen LogP contribution >= 0.6 is 11.3 Å². The highest BCUT2D eigenvalue weighted by molar-refractivity contribution is 7.12. The smallest absolute Gasteiger partial charge is 0.261 e. The lowest BCUT2D eigenvalue weighted by Crippen LogP contribution is -2.44. The van der Waals surface area contributed by atoms with E-state index < -0.39 is 0 Å². The van der Waals surface area contributed by atoms with Crippen molar-refractivity contribution in [2.75, 3.05) is 13.2 Å². The molecule has 0 spiro atoms. The lowest BCUT2D eigenvalue weighted by atomic mass is 10.0. The molecule has 3 N–H and O–H groups in total. The summed E-state index contributed by atoms with van der Waals surface area (Å²) in [5, 5.41) is 16.1. The topological polar surface area (TPSA) is 78.4 Å². The van der Waals surface area contributed by atoms with Gasteiger partial charge in [0.1, 0.15) is 0 Å². The molecule has 1 aromatic heterocycles. The minimum atomic E-state index is -0.242. The average molecular weight is 284 g/mol. The highest BCUT2D eigenvalue weighted by atomic mass is 32.1. The summed E-state index contributed by atoms with van der Waals surface area (Å²) in [6.45, 7) is 3.94. The van der Waals surface area contributed by atoms with Gasteiger partial charge in [0.25, 0.3) is 5.91 Å². The third-order valence-electron chi connectivity index (χ3n) is 2.75. The molecule has 0 radical (unpaired) electrons. The van der Waals surface area contributed by atoms with Gasteiger partial charge in [0.05, 0.1) is 11.4 Å². The van der Waals surface area contributed by atoms with Gasteiger partial charge >= 0.3 is 0 Å². The first-order valence-corrected chi connectivity index (χ1v) is 7.14. The van der Waals surface area contributed by atoms with E-state index in [1.54, 1.807) is 12.1 Å². The molecule has 0 saturated heterocycles. The van der Waals surface area contributed by atoms with E-state index in [9.17, 15) is 9.59 Å². The van der Waals surface area contributed by atoms with Crippen LogP contribution in [0.4, 0.5) is 0 Å². The SMILES string of the molecule is CC(C)C(CCO)NC(=O)CNC(=O)c1cccs1. The molecule has 0 saturated carbocycles. The number of aliphatic hydroxyl groups excluding tert-OH is 1. The standard InChI is InChI=1S/C13H20N2O3S/c1-9(2)10(5-6-16)15-12(17)8-14-13(18)11-4-3-7-19-11/h3-4,7,9-10,16H,5-6,8H2,1-2H3,(H,14,18)(H,15,17). The second-order valence-electron chi connectivity index (χ2n) is 4.59. The molecule has 19 heavy (non-hydrogen) atoms. The lowest BCUT2D eigenvalue weighted by Gasteiger charge is -2.21. The Hall–Kier alpha value is -1.40. The molecule has 1 unspecified atom stereocenters. The predicted octanol–water partition coefficient (Wildman–Crippen LogP) is 1.00. The molecule has 0 aromatic carbocycles. The van der Waals surface area contributed by atoms with Crippen LogP contribution in [0.5, 0.6) is 0 Å². The van der Waals surface area contributed by atoms with E-state index in [1.165, 1.54) is 11.3 Å². The minimum Gasteiger partial charge on any atom is -0.396 e. The number of carbonyl (C=O) groups excluding carboxylic acids is 2. The molecule has 1 atom stereocenters. The van der Waals surface area contributed by atoms with Crippen LogP contribution in [0.25, 0.3) is 0 Å². The summed E-state index contributed by atoms with van der Waals surface area (Å²) in [6, 6.07) is 3.42. The number of aliphatic hydroxyl groups is 1. The Morgan fingerprint density at radius 2 is 2.16 bits per heavy atom. The van der Waals surface area contributed by atoms with Crippen LogP contribution in [0.15, 0.2) is 17.5 Å². The summed E-state index contributed by atoms with van der Waals surface area (Å²) >= 11 is 1.33. The highest BCUT2D eigenvalue weighted by Gasteiger charge is 2.16. The van der Waals surface area contributed by atoms with Crippen molar-refractivity contribution >= 4 is 23.2 Å². The summed E-state index contributed by atoms with van der Waals surface area (Å²) in [6.07, 6.45) is 0.516. The van der Waals surface area contributed by atoms with E-state index in [4.69, 9.17) is 5.11 Å². The van der Waals surface area contributed by atoms with Crippen molar-refractivity contribution in [3.05, 3.63) is 22.4 Å². The molecule has 0 aliphatic carbocycles. The van der Waals surface area contributed by atoms with Crippen molar-refractivity contribution in [2.45, 2.75) is 26.3 Å². The van der Waals surface area contributed by atoms with Crippen LogP contribution in [0.2, 0.25) is 0 Å². The molecule has 2 amide bonds. The van der Waals surface area contributed by atoms with Gasteiger partial charge < -0.3 is 15.7 Å². The minimum absolute atomic E-state index is 0.0324. The van der Waals surface area contributed by atoms with Crippen LogP contribution in [-0.4, -0.2) is 36.1 Å². The largest absolute Gasteiger partial charge is 0.396 e. The van der Waals surface area contributed by atoms with Gasteiger partial charge in [0.15, 0.2) is 0 Å². The first-order chi connectivity index (χ1) is 9.04. The Balaban J connectivity index is 2.36. The van der Waals surface area contributed by atoms with Gasteiger partial charge in [-0.3, -0.25) is 9.59 Å². The fourth-order valence-electron chi connectivity index (χ4n) is 1.62. The van der Waals surface area contributed by atoms with E-state index in [1.807, 2.05) is 19.2 Å². The summed E-state index contributed by atoms with van der Waals surface area (Å²) < 4.78 is 0. The highest BCUT2D eigenvalue weighted by Crippen LogP contribution is 2.07. The molecule has 0 aliphatic heterocycles. The van der Waals surface area contributed by atoms with Gasteiger partial charge in [-0.05, 0) is 23.8 Å². The number of thiophene rings is 1. The number of amides is 2. The third-order valence-corrected chi connectivity index (χ3v) is 3.61. The van der Waals surface area contributed by atoms with Crippen molar-refractivity contribution in [3.63, 3.8) is 0 Å². The molecule has 1 heterocycles. The van der Waals surface area contributed by atoms with Gasteiger partial charge in [-0.1, -0.05) is 19.9 Å². The Labute approximate surface area is 117 Å². The van der Waals surface area contributed by atoms with Gasteiger partial charge in [0.2, 0.25) is 5.91 Å². The maximum atomic E-state index is 11.7. The predicted molar refractivity (Wildman–Crippen MR) is 75.1 cm³/mol. The van der Waals surface area contributed by atoms with Crippen molar-refractivity contribution in [2.24, 2.45) is 5.92 Å². The van der Waals surface area contributed by atoms with Crippen molar-refractivity contribution < 1.29 is 14.7 Å². The van der Waals surface area contributed by atoms with Gasteiger partial charge in [-0.15, -0.1) is 11.3 Å². The van der Waals surface area contributed by atoms with Crippen molar-refractivity contribution in [3.8, 4) is 0 Å². The maximum Gasteiger partial charge on any atom is 0.261 e. The summed E-state index contributed by atoms with van der Waals surface area (Å²) in [7, 11) is 0. The zero-order chi connectivity index (χ0) is 14.3. The molecular formula is C13H20N2O3S. The van der Waals surface area contributed by atoms with Gasteiger partial charge in [-0.25, -0.2) is 0 Å². The molecule has 1 rings (SSSR count). The normalized spacial score (nSPS) is 12.2. The second kappa shape index (κ2) is 7.91. The number of rotatable bonds is 7. The first kappa shape index (κ1) is 15.7. The molecule has 0 aliphatic rings. The zero-order valence-electron chi connectivity index (χ0n) is 11.2. The van der Waals surface area contributed by atoms with E-state index in [0.717, 1.165) is 0 Å². The van der Waals surface area contributed by atoms with E-state index >= 15 is 0 Å². The fourth-order valence-corrected chi connectivity index (χ4v) is 2.26. The first-order valence-electron chi connectivity index (χ1n) is 6.26. The van der Waals surface area contributed by atoms with Gasteiger partial charge in [0, 0.05) is 12.6 Å². The molecular weight excluding hydrogens is 264 g/mol. The fraction of sp³-hybridized carbons (Fsp3) is 0.538. The van der Waals surface area contributed by atoms with E-state index in [2.05, 4.69) is 10.6 Å². The van der Waals surface area contributed by atoms with E-state index in [0.29, 0.717) is 11.3 Å². The Morgan fingerprint density at radius 1 is 1.42 bits per heavy atom. The number of carbonyl (C=O) groups is 2. The van der Waals surface area contributed by atoms with Gasteiger partial charge in [-0.2, -0.15) is 0 Å². The summed E-state index contributed by atoms with van der Waals surface area (Å²) in [4.78, 5) is 23.9. The summed E-state index contributed by atoms with van der Waals surface area (Å²) in [5.74, 6) is -0.241. The maximum absolute atomic E-state index is 11.7.